The van der Waals surface area contributed by atoms with Gasteiger partial charge in [0, 0.05) is 56.7 Å². The van der Waals surface area contributed by atoms with Crippen LogP contribution in [0.4, 0.5) is 5.82 Å². The summed E-state index contributed by atoms with van der Waals surface area (Å²) in [6.45, 7) is 9.10. The highest BCUT2D eigenvalue weighted by molar-refractivity contribution is 5.73. The Kier molecular flexibility index (Phi) is 4.85. The molecular formula is C22H28N4O. The predicted molar refractivity (Wildman–Crippen MR) is 107 cm³/mol. The van der Waals surface area contributed by atoms with Gasteiger partial charge in [-0.2, -0.15) is 0 Å². The van der Waals surface area contributed by atoms with Crippen molar-refractivity contribution in [2.24, 2.45) is 0 Å². The molecule has 2 heterocycles. The van der Waals surface area contributed by atoms with E-state index < -0.39 is 0 Å². The molecule has 1 saturated heterocycles. The molecule has 0 unspecified atom stereocenters. The molecule has 4 rings (SSSR count). The molecule has 1 amide bonds. The Morgan fingerprint density at radius 2 is 1.85 bits per heavy atom. The molecule has 5 heteroatoms. The van der Waals surface area contributed by atoms with Crippen molar-refractivity contribution in [2.45, 2.75) is 46.0 Å². The van der Waals surface area contributed by atoms with Gasteiger partial charge in [-0.05, 0) is 32.3 Å². The lowest BCUT2D eigenvalue weighted by Gasteiger charge is -2.36. The van der Waals surface area contributed by atoms with Crippen LogP contribution in [0, 0.1) is 13.8 Å². The van der Waals surface area contributed by atoms with Gasteiger partial charge < -0.3 is 9.80 Å². The predicted octanol–water partition coefficient (Wildman–Crippen LogP) is 3.23. The molecule has 0 N–H and O–H groups in total. The SMILES string of the molecule is CC(=O)N1CCN(c2nc(C3CC3)nc(C)c2Cc2cccc(C)c2)CC1. The third-order valence-corrected chi connectivity index (χ3v) is 5.64. The van der Waals surface area contributed by atoms with E-state index in [1.54, 1.807) is 6.92 Å². The fourth-order valence-corrected chi connectivity index (χ4v) is 3.85. The summed E-state index contributed by atoms with van der Waals surface area (Å²) in [6.07, 6.45) is 3.25. The van der Waals surface area contributed by atoms with Gasteiger partial charge in [0.15, 0.2) is 0 Å². The molecule has 5 nitrogen and oxygen atoms in total. The number of carbonyl (C=O) groups is 1. The number of benzene rings is 1. The summed E-state index contributed by atoms with van der Waals surface area (Å²) in [7, 11) is 0. The second-order valence-corrected chi connectivity index (χ2v) is 7.90. The van der Waals surface area contributed by atoms with Crippen molar-refractivity contribution in [3.63, 3.8) is 0 Å². The molecule has 0 radical (unpaired) electrons. The summed E-state index contributed by atoms with van der Waals surface area (Å²) in [4.78, 5) is 25.8. The largest absolute Gasteiger partial charge is 0.353 e. The van der Waals surface area contributed by atoms with E-state index in [1.165, 1.54) is 29.5 Å². The van der Waals surface area contributed by atoms with Gasteiger partial charge in [0.1, 0.15) is 11.6 Å². The van der Waals surface area contributed by atoms with Crippen molar-refractivity contribution >= 4 is 11.7 Å². The lowest BCUT2D eigenvalue weighted by atomic mass is 10.0. The Bertz CT molecular complexity index is 851. The number of hydrogen-bond acceptors (Lipinski definition) is 4. The standard InChI is InChI=1S/C22H28N4O/c1-15-5-4-6-18(13-15)14-20-16(2)23-21(19-7-8-19)24-22(20)26-11-9-25(10-12-26)17(3)27/h4-6,13,19H,7-12,14H2,1-3H3. The number of nitrogens with zero attached hydrogens (tertiary/aromatic N) is 4. The molecule has 27 heavy (non-hydrogen) atoms. The molecule has 2 fully saturated rings. The molecule has 142 valence electrons. The summed E-state index contributed by atoms with van der Waals surface area (Å²) in [5.74, 6) is 2.78. The maximum absolute atomic E-state index is 11.7. The van der Waals surface area contributed by atoms with Crippen molar-refractivity contribution in [1.82, 2.24) is 14.9 Å². The molecule has 1 aromatic carbocycles. The average molecular weight is 364 g/mol. The third kappa shape index (κ3) is 3.97. The fraction of sp³-hybridized carbons (Fsp3) is 0.500. The first-order valence-electron chi connectivity index (χ1n) is 9.94. The molecule has 2 aliphatic rings. The second kappa shape index (κ2) is 7.29. The van der Waals surface area contributed by atoms with Crippen molar-refractivity contribution in [3.8, 4) is 0 Å². The Morgan fingerprint density at radius 3 is 2.48 bits per heavy atom. The third-order valence-electron chi connectivity index (χ3n) is 5.64. The van der Waals surface area contributed by atoms with E-state index in [9.17, 15) is 4.79 Å². The lowest BCUT2D eigenvalue weighted by Crippen LogP contribution is -2.48. The zero-order valence-corrected chi connectivity index (χ0v) is 16.5. The van der Waals surface area contributed by atoms with Crippen molar-refractivity contribution in [2.75, 3.05) is 31.1 Å². The van der Waals surface area contributed by atoms with Gasteiger partial charge in [-0.3, -0.25) is 4.79 Å². The number of carbonyl (C=O) groups excluding carboxylic acids is 1. The normalized spacial score (nSPS) is 17.3. The Labute approximate surface area is 161 Å². The van der Waals surface area contributed by atoms with Gasteiger partial charge in [-0.25, -0.2) is 9.97 Å². The van der Waals surface area contributed by atoms with Gasteiger partial charge >= 0.3 is 0 Å². The van der Waals surface area contributed by atoms with Crippen LogP contribution in [0.15, 0.2) is 24.3 Å². The Morgan fingerprint density at radius 1 is 1.11 bits per heavy atom. The highest BCUT2D eigenvalue weighted by Crippen LogP contribution is 2.39. The number of piperazine rings is 1. The second-order valence-electron chi connectivity index (χ2n) is 7.90. The number of rotatable bonds is 4. The highest BCUT2D eigenvalue weighted by Gasteiger charge is 2.30. The summed E-state index contributed by atoms with van der Waals surface area (Å²) in [5.41, 5.74) is 4.89. The Balaban J connectivity index is 1.66. The van der Waals surface area contributed by atoms with Crippen LogP contribution in [-0.2, 0) is 11.2 Å². The van der Waals surface area contributed by atoms with Crippen LogP contribution in [-0.4, -0.2) is 47.0 Å². The Hall–Kier alpha value is -2.43. The van der Waals surface area contributed by atoms with E-state index in [2.05, 4.69) is 43.0 Å². The summed E-state index contributed by atoms with van der Waals surface area (Å²) >= 11 is 0. The zero-order chi connectivity index (χ0) is 19.0. The van der Waals surface area contributed by atoms with Crippen LogP contribution in [0.2, 0.25) is 0 Å². The maximum atomic E-state index is 11.7. The van der Waals surface area contributed by atoms with E-state index in [0.717, 1.165) is 49.9 Å². The minimum atomic E-state index is 0.159. The fourth-order valence-electron chi connectivity index (χ4n) is 3.85. The van der Waals surface area contributed by atoms with Gasteiger partial charge in [0.2, 0.25) is 5.91 Å². The molecule has 2 aromatic rings. The monoisotopic (exact) mass is 364 g/mol. The molecule has 1 aliphatic heterocycles. The zero-order valence-electron chi connectivity index (χ0n) is 16.5. The number of aromatic nitrogens is 2. The van der Waals surface area contributed by atoms with Crippen LogP contribution < -0.4 is 4.90 Å². The highest BCUT2D eigenvalue weighted by atomic mass is 16.2. The van der Waals surface area contributed by atoms with Crippen molar-refractivity contribution in [3.05, 3.63) is 52.5 Å². The van der Waals surface area contributed by atoms with Crippen LogP contribution in [0.5, 0.6) is 0 Å². The number of aryl methyl sites for hydroxylation is 2. The first-order valence-corrected chi connectivity index (χ1v) is 9.94. The molecule has 1 saturated carbocycles. The summed E-state index contributed by atoms with van der Waals surface area (Å²) in [6, 6.07) is 8.67. The van der Waals surface area contributed by atoms with Crippen LogP contribution in [0.3, 0.4) is 0 Å². The van der Waals surface area contributed by atoms with Crippen LogP contribution in [0.1, 0.15) is 53.9 Å². The van der Waals surface area contributed by atoms with Gasteiger partial charge in [0.25, 0.3) is 0 Å². The summed E-state index contributed by atoms with van der Waals surface area (Å²) in [5, 5.41) is 0. The van der Waals surface area contributed by atoms with Gasteiger partial charge in [0.05, 0.1) is 0 Å². The van der Waals surface area contributed by atoms with Crippen molar-refractivity contribution < 1.29 is 4.79 Å². The number of anilines is 1. The first kappa shape index (κ1) is 18.0. The quantitative estimate of drug-likeness (QED) is 0.836. The van der Waals surface area contributed by atoms with Crippen LogP contribution in [0.25, 0.3) is 0 Å². The maximum Gasteiger partial charge on any atom is 0.219 e. The van der Waals surface area contributed by atoms with Crippen molar-refractivity contribution in [1.29, 1.82) is 0 Å². The lowest BCUT2D eigenvalue weighted by molar-refractivity contribution is -0.129. The minimum Gasteiger partial charge on any atom is -0.353 e. The van der Waals surface area contributed by atoms with Gasteiger partial charge in [-0.15, -0.1) is 0 Å². The molecule has 1 aromatic heterocycles. The summed E-state index contributed by atoms with van der Waals surface area (Å²) < 4.78 is 0. The van der Waals surface area contributed by atoms with Crippen LogP contribution >= 0.6 is 0 Å². The first-order chi connectivity index (χ1) is 13.0. The number of amides is 1. The average Bonchev–Trinajstić information content (AvgIpc) is 3.48. The molecular weight excluding hydrogens is 336 g/mol. The van der Waals surface area contributed by atoms with E-state index in [0.29, 0.717) is 5.92 Å². The van der Waals surface area contributed by atoms with E-state index in [4.69, 9.17) is 9.97 Å². The molecule has 0 spiro atoms. The molecule has 0 bridgehead atoms. The minimum absolute atomic E-state index is 0.159. The molecule has 1 aliphatic carbocycles. The molecule has 0 atom stereocenters. The van der Waals surface area contributed by atoms with E-state index in [-0.39, 0.29) is 5.91 Å². The topological polar surface area (TPSA) is 49.3 Å². The van der Waals surface area contributed by atoms with E-state index >= 15 is 0 Å². The van der Waals surface area contributed by atoms with E-state index in [1.807, 2.05) is 4.90 Å². The number of hydrogen-bond donors (Lipinski definition) is 0. The smallest absolute Gasteiger partial charge is 0.219 e. The van der Waals surface area contributed by atoms with Gasteiger partial charge in [-0.1, -0.05) is 29.8 Å².